The SMILES string of the molecule is Cc1csc([C@@H]2CN([C@H](C)C(=O)NCc3ccco3)CCO2)n1. The summed E-state index contributed by atoms with van der Waals surface area (Å²) < 4.78 is 11.0. The average molecular weight is 335 g/mol. The number of aromatic nitrogens is 1. The Morgan fingerprint density at radius 3 is 3.17 bits per heavy atom. The maximum absolute atomic E-state index is 12.3. The minimum Gasteiger partial charge on any atom is -0.467 e. The lowest BCUT2D eigenvalue weighted by Gasteiger charge is -2.35. The quantitative estimate of drug-likeness (QED) is 0.906. The van der Waals surface area contributed by atoms with Crippen molar-refractivity contribution in [1.82, 2.24) is 15.2 Å². The van der Waals surface area contributed by atoms with E-state index in [4.69, 9.17) is 9.15 Å². The lowest BCUT2D eigenvalue weighted by molar-refractivity contribution is -0.129. The number of amides is 1. The number of ether oxygens (including phenoxy) is 1. The van der Waals surface area contributed by atoms with Gasteiger partial charge in [-0.05, 0) is 26.0 Å². The molecular formula is C16H21N3O3S. The van der Waals surface area contributed by atoms with E-state index in [-0.39, 0.29) is 18.1 Å². The van der Waals surface area contributed by atoms with Crippen LogP contribution in [-0.2, 0) is 16.1 Å². The third kappa shape index (κ3) is 3.99. The molecule has 0 aliphatic carbocycles. The zero-order valence-electron chi connectivity index (χ0n) is 13.3. The fourth-order valence-corrected chi connectivity index (χ4v) is 3.43. The molecule has 1 N–H and O–H groups in total. The molecule has 0 radical (unpaired) electrons. The first kappa shape index (κ1) is 16.2. The van der Waals surface area contributed by atoms with E-state index in [9.17, 15) is 4.79 Å². The number of aryl methyl sites for hydroxylation is 1. The first-order valence-corrected chi connectivity index (χ1v) is 8.59. The largest absolute Gasteiger partial charge is 0.467 e. The van der Waals surface area contributed by atoms with Gasteiger partial charge in [-0.25, -0.2) is 4.98 Å². The van der Waals surface area contributed by atoms with Gasteiger partial charge in [-0.2, -0.15) is 0 Å². The van der Waals surface area contributed by atoms with Crippen molar-refractivity contribution in [1.29, 1.82) is 0 Å². The molecule has 0 saturated carbocycles. The monoisotopic (exact) mass is 335 g/mol. The topological polar surface area (TPSA) is 67.6 Å². The number of hydrogen-bond donors (Lipinski definition) is 1. The van der Waals surface area contributed by atoms with E-state index in [1.54, 1.807) is 17.6 Å². The highest BCUT2D eigenvalue weighted by Gasteiger charge is 2.30. The Kier molecular flexibility index (Phi) is 5.09. The molecule has 3 heterocycles. The second-order valence-electron chi connectivity index (χ2n) is 5.65. The molecule has 2 aromatic heterocycles. The van der Waals surface area contributed by atoms with Crippen molar-refractivity contribution in [2.45, 2.75) is 32.5 Å². The zero-order chi connectivity index (χ0) is 16.2. The Balaban J connectivity index is 1.55. The zero-order valence-corrected chi connectivity index (χ0v) is 14.1. The molecule has 1 saturated heterocycles. The third-order valence-corrected chi connectivity index (χ3v) is 5.01. The van der Waals surface area contributed by atoms with E-state index in [1.807, 2.05) is 31.4 Å². The van der Waals surface area contributed by atoms with Gasteiger partial charge in [-0.1, -0.05) is 0 Å². The Morgan fingerprint density at radius 1 is 1.61 bits per heavy atom. The number of rotatable bonds is 5. The number of carbonyl (C=O) groups excluding carboxylic acids is 1. The van der Waals surface area contributed by atoms with Crippen LogP contribution in [0.25, 0.3) is 0 Å². The van der Waals surface area contributed by atoms with Gasteiger partial charge < -0.3 is 14.5 Å². The number of thiazole rings is 1. The predicted octanol–water partition coefficient (Wildman–Crippen LogP) is 2.12. The molecule has 7 heteroatoms. The predicted molar refractivity (Wildman–Crippen MR) is 87.1 cm³/mol. The minimum atomic E-state index is -0.211. The van der Waals surface area contributed by atoms with Crippen molar-refractivity contribution in [3.63, 3.8) is 0 Å². The standard InChI is InChI=1S/C16H21N3O3S/c1-11-10-23-16(18-11)14-9-19(5-7-22-14)12(2)15(20)17-8-13-4-3-6-21-13/h3-4,6,10,12,14H,5,7-9H2,1-2H3,(H,17,20)/t12-,14+/m1/s1. The molecule has 0 spiro atoms. The van der Waals surface area contributed by atoms with Crippen molar-refractivity contribution in [3.05, 3.63) is 40.2 Å². The Bertz CT molecular complexity index is 641. The second-order valence-corrected chi connectivity index (χ2v) is 6.54. The van der Waals surface area contributed by atoms with Crippen molar-refractivity contribution in [2.75, 3.05) is 19.7 Å². The van der Waals surface area contributed by atoms with Gasteiger partial charge in [0.25, 0.3) is 0 Å². The Hall–Kier alpha value is -1.70. The molecule has 1 fully saturated rings. The summed E-state index contributed by atoms with van der Waals surface area (Å²) in [6.45, 7) is 6.35. The van der Waals surface area contributed by atoms with Gasteiger partial charge in [0.2, 0.25) is 5.91 Å². The number of nitrogens with zero attached hydrogens (tertiary/aromatic N) is 2. The fraction of sp³-hybridized carbons (Fsp3) is 0.500. The number of furan rings is 1. The first-order valence-electron chi connectivity index (χ1n) is 7.71. The molecule has 1 aliphatic rings. The molecule has 124 valence electrons. The summed E-state index contributed by atoms with van der Waals surface area (Å²) in [5.74, 6) is 0.751. The van der Waals surface area contributed by atoms with E-state index >= 15 is 0 Å². The molecule has 1 amide bonds. The van der Waals surface area contributed by atoms with E-state index in [0.717, 1.165) is 23.0 Å². The number of nitrogens with one attached hydrogen (secondary N) is 1. The highest BCUT2D eigenvalue weighted by Crippen LogP contribution is 2.26. The van der Waals surface area contributed by atoms with Gasteiger partial charge in [0.1, 0.15) is 16.9 Å². The van der Waals surface area contributed by atoms with E-state index < -0.39 is 0 Å². The maximum Gasteiger partial charge on any atom is 0.237 e. The Morgan fingerprint density at radius 2 is 2.48 bits per heavy atom. The van der Waals surface area contributed by atoms with Crippen molar-refractivity contribution in [2.24, 2.45) is 0 Å². The summed E-state index contributed by atoms with van der Waals surface area (Å²) >= 11 is 1.61. The summed E-state index contributed by atoms with van der Waals surface area (Å²) in [5, 5.41) is 5.92. The van der Waals surface area contributed by atoms with Crippen LogP contribution in [0.3, 0.4) is 0 Å². The van der Waals surface area contributed by atoms with Crippen molar-refractivity contribution in [3.8, 4) is 0 Å². The van der Waals surface area contributed by atoms with Crippen LogP contribution in [0.4, 0.5) is 0 Å². The molecule has 3 rings (SSSR count). The normalized spacial score (nSPS) is 20.3. The molecular weight excluding hydrogens is 314 g/mol. The third-order valence-electron chi connectivity index (χ3n) is 3.95. The lowest BCUT2D eigenvalue weighted by atomic mass is 10.2. The molecule has 0 unspecified atom stereocenters. The molecule has 0 bridgehead atoms. The average Bonchev–Trinajstić information content (AvgIpc) is 3.23. The number of morpholine rings is 1. The lowest BCUT2D eigenvalue weighted by Crippen LogP contribution is -2.50. The Labute approximate surface area is 139 Å². The smallest absolute Gasteiger partial charge is 0.237 e. The van der Waals surface area contributed by atoms with Crippen LogP contribution in [0.1, 0.15) is 29.5 Å². The van der Waals surface area contributed by atoms with E-state index in [0.29, 0.717) is 19.7 Å². The van der Waals surface area contributed by atoms with Crippen molar-refractivity contribution >= 4 is 17.2 Å². The summed E-state index contributed by atoms with van der Waals surface area (Å²) in [6, 6.07) is 3.45. The molecule has 2 aromatic rings. The van der Waals surface area contributed by atoms with Gasteiger partial charge in [-0.3, -0.25) is 9.69 Å². The van der Waals surface area contributed by atoms with Crippen LogP contribution in [0.2, 0.25) is 0 Å². The van der Waals surface area contributed by atoms with E-state index in [1.165, 1.54) is 0 Å². The van der Waals surface area contributed by atoms with E-state index in [2.05, 4.69) is 15.2 Å². The van der Waals surface area contributed by atoms with Crippen LogP contribution in [0.5, 0.6) is 0 Å². The molecule has 0 aromatic carbocycles. The summed E-state index contributed by atoms with van der Waals surface area (Å²) in [7, 11) is 0. The fourth-order valence-electron chi connectivity index (χ4n) is 2.59. The van der Waals surface area contributed by atoms with Crippen LogP contribution in [0, 0.1) is 6.92 Å². The number of hydrogen-bond acceptors (Lipinski definition) is 6. The first-order chi connectivity index (χ1) is 11.1. The molecule has 6 nitrogen and oxygen atoms in total. The molecule has 1 aliphatic heterocycles. The molecule has 2 atom stereocenters. The van der Waals surface area contributed by atoms with Gasteiger partial charge in [0.05, 0.1) is 25.5 Å². The highest BCUT2D eigenvalue weighted by atomic mass is 32.1. The van der Waals surface area contributed by atoms with Gasteiger partial charge in [0, 0.05) is 24.2 Å². The van der Waals surface area contributed by atoms with Gasteiger partial charge in [0.15, 0.2) is 0 Å². The minimum absolute atomic E-state index is 0.00244. The summed E-state index contributed by atoms with van der Waals surface area (Å²) in [4.78, 5) is 19.0. The van der Waals surface area contributed by atoms with Crippen LogP contribution >= 0.6 is 11.3 Å². The highest BCUT2D eigenvalue weighted by molar-refractivity contribution is 7.09. The number of carbonyl (C=O) groups is 1. The maximum atomic E-state index is 12.3. The summed E-state index contributed by atoms with van der Waals surface area (Å²) in [5.41, 5.74) is 1.01. The second kappa shape index (κ2) is 7.25. The van der Waals surface area contributed by atoms with Crippen molar-refractivity contribution < 1.29 is 13.9 Å². The van der Waals surface area contributed by atoms with Crippen LogP contribution < -0.4 is 5.32 Å². The molecule has 23 heavy (non-hydrogen) atoms. The van der Waals surface area contributed by atoms with Crippen LogP contribution in [-0.4, -0.2) is 41.5 Å². The van der Waals surface area contributed by atoms with Crippen LogP contribution in [0.15, 0.2) is 28.2 Å². The van der Waals surface area contributed by atoms with Gasteiger partial charge >= 0.3 is 0 Å². The summed E-state index contributed by atoms with van der Waals surface area (Å²) in [6.07, 6.45) is 1.55. The van der Waals surface area contributed by atoms with Gasteiger partial charge in [-0.15, -0.1) is 11.3 Å².